The zero-order chi connectivity index (χ0) is 22.8. The van der Waals surface area contributed by atoms with Crippen LogP contribution in [0.15, 0.2) is 12.1 Å². The largest absolute Gasteiger partial charge is 0.465 e. The minimum atomic E-state index is -0.536. The number of anilines is 1. The van der Waals surface area contributed by atoms with Crippen LogP contribution in [0.5, 0.6) is 0 Å². The summed E-state index contributed by atoms with van der Waals surface area (Å²) in [7, 11) is 1.30. The van der Waals surface area contributed by atoms with Gasteiger partial charge in [-0.2, -0.15) is 0 Å². The van der Waals surface area contributed by atoms with Crippen molar-refractivity contribution in [3.05, 3.63) is 29.1 Å². The van der Waals surface area contributed by atoms with E-state index in [0.717, 1.165) is 38.5 Å². The zero-order valence-electron chi connectivity index (χ0n) is 19.2. The van der Waals surface area contributed by atoms with Crippen LogP contribution in [0.2, 0.25) is 0 Å². The predicted octanol–water partition coefficient (Wildman–Crippen LogP) is 5.37. The highest BCUT2D eigenvalue weighted by Gasteiger charge is 2.32. The van der Waals surface area contributed by atoms with Gasteiger partial charge in [0.2, 0.25) is 0 Å². The van der Waals surface area contributed by atoms with Gasteiger partial charge in [-0.25, -0.2) is 14.0 Å². The molecule has 1 aromatic rings. The van der Waals surface area contributed by atoms with Crippen LogP contribution in [0, 0.1) is 11.7 Å². The van der Waals surface area contributed by atoms with Crippen LogP contribution >= 0.6 is 0 Å². The summed E-state index contributed by atoms with van der Waals surface area (Å²) in [4.78, 5) is 24.0. The predicted molar refractivity (Wildman–Crippen MR) is 118 cm³/mol. The second kappa shape index (κ2) is 9.45. The number of hydrogen-bond donors (Lipinski definition) is 2. The van der Waals surface area contributed by atoms with Gasteiger partial charge in [-0.05, 0) is 90.2 Å². The first-order valence-electron chi connectivity index (χ1n) is 11.2. The molecule has 7 heteroatoms. The molecule has 2 N–H and O–H groups in total. The lowest BCUT2D eigenvalue weighted by atomic mass is 9.82. The molecule has 1 amide bonds. The first-order valence-corrected chi connectivity index (χ1v) is 11.2. The first kappa shape index (κ1) is 23.4. The van der Waals surface area contributed by atoms with Gasteiger partial charge in [-0.3, -0.25) is 0 Å². The Morgan fingerprint density at radius 3 is 2.29 bits per heavy atom. The Kier molecular flexibility index (Phi) is 7.12. The van der Waals surface area contributed by atoms with Gasteiger partial charge in [0.1, 0.15) is 11.4 Å². The van der Waals surface area contributed by atoms with E-state index in [1.807, 2.05) is 20.8 Å². The van der Waals surface area contributed by atoms with Gasteiger partial charge in [0.25, 0.3) is 0 Å². The molecule has 2 aliphatic carbocycles. The second-order valence-corrected chi connectivity index (χ2v) is 9.88. The number of nitrogens with one attached hydrogen (secondary N) is 2. The quantitative estimate of drug-likeness (QED) is 0.589. The van der Waals surface area contributed by atoms with E-state index in [1.54, 1.807) is 6.07 Å². The van der Waals surface area contributed by atoms with Crippen LogP contribution in [0.3, 0.4) is 0 Å². The minimum absolute atomic E-state index is 0.112. The zero-order valence-corrected chi connectivity index (χ0v) is 19.2. The summed E-state index contributed by atoms with van der Waals surface area (Å²) in [5.74, 6) is -0.264. The van der Waals surface area contributed by atoms with Crippen LogP contribution in [0.4, 0.5) is 14.9 Å². The van der Waals surface area contributed by atoms with Crippen LogP contribution in [-0.2, 0) is 9.47 Å². The van der Waals surface area contributed by atoms with Crippen molar-refractivity contribution in [3.8, 4) is 0 Å². The van der Waals surface area contributed by atoms with E-state index in [4.69, 9.17) is 9.47 Å². The third-order valence-electron chi connectivity index (χ3n) is 6.12. The molecule has 0 spiro atoms. The number of halogens is 1. The molecule has 1 atom stereocenters. The molecule has 0 heterocycles. The van der Waals surface area contributed by atoms with Crippen molar-refractivity contribution >= 4 is 17.7 Å². The maximum Gasteiger partial charge on any atom is 0.407 e. The fourth-order valence-electron chi connectivity index (χ4n) is 4.36. The van der Waals surface area contributed by atoms with E-state index in [0.29, 0.717) is 17.2 Å². The van der Waals surface area contributed by atoms with Gasteiger partial charge in [-0.15, -0.1) is 0 Å². The van der Waals surface area contributed by atoms with Crippen LogP contribution in [0.25, 0.3) is 0 Å². The number of carbonyl (C=O) groups excluding carboxylic acids is 2. The molecule has 0 radical (unpaired) electrons. The Bertz CT molecular complexity index is 809. The number of amides is 1. The lowest BCUT2D eigenvalue weighted by molar-refractivity contribution is 0.0485. The van der Waals surface area contributed by atoms with E-state index in [1.165, 1.54) is 13.2 Å². The fraction of sp³-hybridized carbons (Fsp3) is 0.667. The molecule has 1 aromatic carbocycles. The van der Waals surface area contributed by atoms with Crippen molar-refractivity contribution < 1.29 is 23.5 Å². The van der Waals surface area contributed by atoms with E-state index in [2.05, 4.69) is 17.6 Å². The monoisotopic (exact) mass is 434 g/mol. The topological polar surface area (TPSA) is 76.7 Å². The molecule has 2 saturated carbocycles. The van der Waals surface area contributed by atoms with Crippen molar-refractivity contribution in [2.45, 2.75) is 89.8 Å². The lowest BCUT2D eigenvalue weighted by Crippen LogP contribution is -2.42. The number of alkyl carbamates (subject to hydrolysis) is 1. The molecule has 0 saturated heterocycles. The summed E-state index contributed by atoms with van der Waals surface area (Å²) in [6.45, 7) is 7.66. The van der Waals surface area contributed by atoms with Gasteiger partial charge in [0.05, 0.1) is 12.7 Å². The average molecular weight is 435 g/mol. The van der Waals surface area contributed by atoms with Crippen molar-refractivity contribution in [3.63, 3.8) is 0 Å². The van der Waals surface area contributed by atoms with E-state index < -0.39 is 11.6 Å². The van der Waals surface area contributed by atoms with Crippen molar-refractivity contribution in [2.75, 3.05) is 12.4 Å². The summed E-state index contributed by atoms with van der Waals surface area (Å²) in [5, 5.41) is 6.46. The van der Waals surface area contributed by atoms with Crippen LogP contribution in [-0.4, -0.2) is 36.9 Å². The SMILES string of the molecule is COC(=O)c1cc(F)c(C2CC2)c(N[C@@H](C)C2CCC(NC(=O)OC(C)(C)C)CC2)c1. The maximum atomic E-state index is 14.8. The van der Waals surface area contributed by atoms with Crippen LogP contribution in [0.1, 0.15) is 88.1 Å². The van der Waals surface area contributed by atoms with Crippen molar-refractivity contribution in [1.82, 2.24) is 5.32 Å². The summed E-state index contributed by atoms with van der Waals surface area (Å²) in [6.07, 6.45) is 5.23. The third-order valence-corrected chi connectivity index (χ3v) is 6.12. The summed E-state index contributed by atoms with van der Waals surface area (Å²) in [5.41, 5.74) is 1.10. The molecule has 3 rings (SSSR count). The maximum absolute atomic E-state index is 14.8. The summed E-state index contributed by atoms with van der Waals surface area (Å²) >= 11 is 0. The molecule has 172 valence electrons. The van der Waals surface area contributed by atoms with Gasteiger partial charge in [-0.1, -0.05) is 0 Å². The molecule has 0 bridgehead atoms. The molecule has 0 unspecified atom stereocenters. The number of benzene rings is 1. The Balaban J connectivity index is 1.61. The number of rotatable bonds is 6. The van der Waals surface area contributed by atoms with E-state index >= 15 is 0 Å². The Hall–Kier alpha value is -2.31. The van der Waals surface area contributed by atoms with Gasteiger partial charge < -0.3 is 20.1 Å². The average Bonchev–Trinajstić information content (AvgIpc) is 3.50. The number of carbonyl (C=O) groups is 2. The first-order chi connectivity index (χ1) is 14.6. The summed E-state index contributed by atoms with van der Waals surface area (Å²) in [6, 6.07) is 3.23. The highest BCUT2D eigenvalue weighted by atomic mass is 19.1. The molecule has 31 heavy (non-hydrogen) atoms. The van der Waals surface area contributed by atoms with E-state index in [9.17, 15) is 14.0 Å². The van der Waals surface area contributed by atoms with Gasteiger partial charge in [0, 0.05) is 23.3 Å². The van der Waals surface area contributed by atoms with Crippen molar-refractivity contribution in [1.29, 1.82) is 0 Å². The molecule has 2 fully saturated rings. The highest BCUT2D eigenvalue weighted by molar-refractivity contribution is 5.91. The Morgan fingerprint density at radius 2 is 1.74 bits per heavy atom. The third kappa shape index (κ3) is 6.34. The van der Waals surface area contributed by atoms with Gasteiger partial charge in [0.15, 0.2) is 0 Å². The Morgan fingerprint density at radius 1 is 1.10 bits per heavy atom. The molecule has 0 aromatic heterocycles. The minimum Gasteiger partial charge on any atom is -0.465 e. The molecular formula is C24H35FN2O4. The smallest absolute Gasteiger partial charge is 0.407 e. The fourth-order valence-corrected chi connectivity index (χ4v) is 4.36. The number of ether oxygens (including phenoxy) is 2. The second-order valence-electron chi connectivity index (χ2n) is 9.88. The number of hydrogen-bond acceptors (Lipinski definition) is 5. The molecule has 6 nitrogen and oxygen atoms in total. The number of methoxy groups -OCH3 is 1. The van der Waals surface area contributed by atoms with Gasteiger partial charge >= 0.3 is 12.1 Å². The lowest BCUT2D eigenvalue weighted by Gasteiger charge is -2.34. The Labute approximate surface area is 184 Å². The molecule has 0 aliphatic heterocycles. The van der Waals surface area contributed by atoms with E-state index in [-0.39, 0.29) is 35.5 Å². The highest BCUT2D eigenvalue weighted by Crippen LogP contribution is 2.45. The van der Waals surface area contributed by atoms with Crippen LogP contribution < -0.4 is 10.6 Å². The normalized spacial score (nSPS) is 22.4. The molecule has 2 aliphatic rings. The standard InChI is InChI=1S/C24H35FN2O4/c1-14(15-8-10-18(11-9-15)27-23(29)31-24(2,3)4)26-20-13-17(22(28)30-5)12-19(25)21(20)16-6-7-16/h12-16,18,26H,6-11H2,1-5H3,(H,27,29)/t14-,15?,18?/m0/s1. The molecular weight excluding hydrogens is 399 g/mol. The number of esters is 1. The van der Waals surface area contributed by atoms with Crippen molar-refractivity contribution in [2.24, 2.45) is 5.92 Å². The summed E-state index contributed by atoms with van der Waals surface area (Å²) < 4.78 is 24.9.